The van der Waals surface area contributed by atoms with E-state index in [1.807, 2.05) is 18.2 Å². The van der Waals surface area contributed by atoms with Crippen molar-refractivity contribution in [2.45, 2.75) is 25.2 Å². The lowest BCUT2D eigenvalue weighted by Crippen LogP contribution is -2.41. The summed E-state index contributed by atoms with van der Waals surface area (Å²) in [5, 5.41) is 5.03. The summed E-state index contributed by atoms with van der Waals surface area (Å²) in [7, 11) is 2.18. The van der Waals surface area contributed by atoms with E-state index in [1.165, 1.54) is 9.13 Å². The average Bonchev–Trinajstić information content (AvgIpc) is 3.10. The monoisotopic (exact) mass is 497 g/mol. The maximum Gasteiger partial charge on any atom is 0.166 e. The molecule has 148 valence electrons. The highest BCUT2D eigenvalue weighted by Gasteiger charge is 2.41. The Morgan fingerprint density at radius 3 is 2.62 bits per heavy atom. The van der Waals surface area contributed by atoms with Gasteiger partial charge in [0.15, 0.2) is 5.78 Å². The zero-order valence-corrected chi connectivity index (χ0v) is 18.7. The molecule has 2 aliphatic rings. The second-order valence-corrected chi connectivity index (χ2v) is 9.55. The van der Waals surface area contributed by atoms with Gasteiger partial charge in [0.2, 0.25) is 0 Å². The van der Waals surface area contributed by atoms with Gasteiger partial charge in [0.05, 0.1) is 22.6 Å². The Morgan fingerprint density at radius 1 is 1.10 bits per heavy atom. The van der Waals surface area contributed by atoms with Gasteiger partial charge in [-0.3, -0.25) is 4.79 Å². The van der Waals surface area contributed by atoms with E-state index in [9.17, 15) is 4.79 Å². The molecule has 0 amide bonds. The van der Waals surface area contributed by atoms with E-state index < -0.39 is 0 Å². The number of likely N-dealkylation sites (tertiary alicyclic amines) is 1. The zero-order valence-electron chi connectivity index (χ0n) is 16.5. The molecule has 1 saturated heterocycles. The molecule has 0 bridgehead atoms. The summed E-state index contributed by atoms with van der Waals surface area (Å²) >= 11 is 2.32. The van der Waals surface area contributed by atoms with Gasteiger partial charge in [-0.2, -0.15) is 5.10 Å². The Labute approximate surface area is 185 Å². The summed E-state index contributed by atoms with van der Waals surface area (Å²) in [6, 6.07) is 18.8. The van der Waals surface area contributed by atoms with Crippen LogP contribution in [0.5, 0.6) is 0 Å². The van der Waals surface area contributed by atoms with Gasteiger partial charge < -0.3 is 4.90 Å². The topological polar surface area (TPSA) is 38.1 Å². The van der Waals surface area contributed by atoms with Crippen molar-refractivity contribution in [2.24, 2.45) is 5.92 Å². The number of ketones is 1. The third-order valence-electron chi connectivity index (χ3n) is 6.32. The second kappa shape index (κ2) is 7.69. The molecule has 5 rings (SSSR count). The first-order valence-corrected chi connectivity index (χ1v) is 11.3. The van der Waals surface area contributed by atoms with Crippen LogP contribution in [0, 0.1) is 9.49 Å². The van der Waals surface area contributed by atoms with Crippen LogP contribution in [0.3, 0.4) is 0 Å². The third kappa shape index (κ3) is 3.55. The smallest absolute Gasteiger partial charge is 0.166 e. The number of Topliss-reactive ketones (excluding diaryl/α,β-unsaturated/α-hetero) is 1. The van der Waals surface area contributed by atoms with Crippen LogP contribution in [0.2, 0.25) is 0 Å². The standard InChI is InChI=1S/C24H24IN3O/c1-27-12-11-17-14-22(29)23-21(13-16-5-3-2-4-6-16)26-28(24(23)20(17)15-27)19-9-7-18(25)8-10-19/h2-10,17,20H,11-15H2,1H3. The molecular formula is C24H24IN3O. The summed E-state index contributed by atoms with van der Waals surface area (Å²) in [6.45, 7) is 2.06. The third-order valence-corrected chi connectivity index (χ3v) is 7.04. The molecule has 2 heterocycles. The van der Waals surface area contributed by atoms with Gasteiger partial charge in [0, 0.05) is 28.9 Å². The minimum absolute atomic E-state index is 0.272. The molecule has 0 spiro atoms. The Kier molecular flexibility index (Phi) is 5.04. The summed E-state index contributed by atoms with van der Waals surface area (Å²) in [4.78, 5) is 15.7. The first-order valence-electron chi connectivity index (χ1n) is 10.2. The number of benzene rings is 2. The minimum Gasteiger partial charge on any atom is -0.306 e. The number of hydrogen-bond donors (Lipinski definition) is 0. The average molecular weight is 497 g/mol. The Hall–Kier alpha value is -1.99. The van der Waals surface area contributed by atoms with Crippen LogP contribution in [0.1, 0.15) is 46.1 Å². The molecule has 1 aliphatic heterocycles. The quantitative estimate of drug-likeness (QED) is 0.493. The van der Waals surface area contributed by atoms with E-state index in [2.05, 4.69) is 75.6 Å². The van der Waals surface area contributed by atoms with Crippen LogP contribution in [0.25, 0.3) is 5.69 Å². The first-order chi connectivity index (χ1) is 14.1. The Bertz CT molecular complexity index is 1040. The minimum atomic E-state index is 0.272. The number of nitrogens with zero attached hydrogens (tertiary/aromatic N) is 3. The van der Waals surface area contributed by atoms with Crippen molar-refractivity contribution in [2.75, 3.05) is 20.1 Å². The Balaban J connectivity index is 1.67. The Morgan fingerprint density at radius 2 is 1.86 bits per heavy atom. The fourth-order valence-corrected chi connectivity index (χ4v) is 5.23. The van der Waals surface area contributed by atoms with Crippen LogP contribution >= 0.6 is 22.6 Å². The highest BCUT2D eigenvalue weighted by molar-refractivity contribution is 14.1. The van der Waals surface area contributed by atoms with Crippen LogP contribution in [0.4, 0.5) is 0 Å². The zero-order chi connectivity index (χ0) is 20.0. The van der Waals surface area contributed by atoms with E-state index >= 15 is 0 Å². The number of halogens is 1. The number of piperidine rings is 1. The number of carbonyl (C=O) groups is 1. The molecule has 2 unspecified atom stereocenters. The molecule has 1 aromatic heterocycles. The summed E-state index contributed by atoms with van der Waals surface area (Å²) < 4.78 is 3.26. The SMILES string of the molecule is CN1CCC2CC(=O)c3c(Cc4ccccc4)nn(-c4ccc(I)cc4)c3C2C1. The molecule has 0 N–H and O–H groups in total. The van der Waals surface area contributed by atoms with Crippen molar-refractivity contribution in [3.8, 4) is 5.69 Å². The molecule has 0 radical (unpaired) electrons. The van der Waals surface area contributed by atoms with Gasteiger partial charge in [-0.1, -0.05) is 30.3 Å². The first kappa shape index (κ1) is 19.0. The van der Waals surface area contributed by atoms with Crippen molar-refractivity contribution >= 4 is 28.4 Å². The molecular weight excluding hydrogens is 473 g/mol. The van der Waals surface area contributed by atoms with Crippen molar-refractivity contribution in [1.29, 1.82) is 0 Å². The molecule has 2 aromatic carbocycles. The van der Waals surface area contributed by atoms with Gasteiger partial charge >= 0.3 is 0 Å². The summed E-state index contributed by atoms with van der Waals surface area (Å²) in [5.41, 5.74) is 5.16. The van der Waals surface area contributed by atoms with E-state index in [-0.39, 0.29) is 5.78 Å². The molecule has 0 saturated carbocycles. The van der Waals surface area contributed by atoms with Gasteiger partial charge in [-0.15, -0.1) is 0 Å². The van der Waals surface area contributed by atoms with Crippen LogP contribution in [-0.4, -0.2) is 40.6 Å². The van der Waals surface area contributed by atoms with Crippen molar-refractivity contribution in [3.05, 3.63) is 80.7 Å². The maximum absolute atomic E-state index is 13.3. The molecule has 3 aromatic rings. The largest absolute Gasteiger partial charge is 0.306 e. The van der Waals surface area contributed by atoms with Crippen LogP contribution < -0.4 is 0 Å². The number of rotatable bonds is 3. The molecule has 4 nitrogen and oxygen atoms in total. The number of carbonyl (C=O) groups excluding carboxylic acids is 1. The highest BCUT2D eigenvalue weighted by atomic mass is 127. The number of hydrogen-bond acceptors (Lipinski definition) is 3. The van der Waals surface area contributed by atoms with Gasteiger partial charge in [0.25, 0.3) is 0 Å². The molecule has 5 heteroatoms. The highest BCUT2D eigenvalue weighted by Crippen LogP contribution is 2.43. The maximum atomic E-state index is 13.3. The lowest BCUT2D eigenvalue weighted by molar-refractivity contribution is 0.0882. The summed E-state index contributed by atoms with van der Waals surface area (Å²) in [5.74, 6) is 1.06. The van der Waals surface area contributed by atoms with Crippen LogP contribution in [0.15, 0.2) is 54.6 Å². The predicted molar refractivity (Wildman–Crippen MR) is 123 cm³/mol. The van der Waals surface area contributed by atoms with Gasteiger partial charge in [0.1, 0.15) is 0 Å². The van der Waals surface area contributed by atoms with Crippen molar-refractivity contribution in [1.82, 2.24) is 14.7 Å². The van der Waals surface area contributed by atoms with Crippen molar-refractivity contribution in [3.63, 3.8) is 0 Å². The predicted octanol–water partition coefficient (Wildman–Crippen LogP) is 4.69. The fraction of sp³-hybridized carbons (Fsp3) is 0.333. The number of likely N-dealkylation sites (N-methyl/N-ethyl adjacent to an activating group) is 1. The van der Waals surface area contributed by atoms with E-state index in [1.54, 1.807) is 0 Å². The second-order valence-electron chi connectivity index (χ2n) is 8.30. The number of aromatic nitrogens is 2. The number of fused-ring (bicyclic) bond motifs is 3. The molecule has 1 aliphatic carbocycles. The van der Waals surface area contributed by atoms with E-state index in [0.717, 1.165) is 42.1 Å². The van der Waals surface area contributed by atoms with Gasteiger partial charge in [-0.05, 0) is 78.4 Å². The van der Waals surface area contributed by atoms with E-state index in [0.29, 0.717) is 24.7 Å². The van der Waals surface area contributed by atoms with Crippen LogP contribution in [-0.2, 0) is 6.42 Å². The normalized spacial score (nSPS) is 21.7. The van der Waals surface area contributed by atoms with Gasteiger partial charge in [-0.25, -0.2) is 4.68 Å². The fourth-order valence-electron chi connectivity index (χ4n) is 4.87. The molecule has 1 fully saturated rings. The van der Waals surface area contributed by atoms with E-state index in [4.69, 9.17) is 5.10 Å². The lowest BCUT2D eigenvalue weighted by atomic mass is 9.73. The van der Waals surface area contributed by atoms with Crippen molar-refractivity contribution < 1.29 is 4.79 Å². The summed E-state index contributed by atoms with van der Waals surface area (Å²) in [6.07, 6.45) is 2.43. The molecule has 29 heavy (non-hydrogen) atoms. The lowest BCUT2D eigenvalue weighted by Gasteiger charge is -2.39. The molecule has 2 atom stereocenters.